The van der Waals surface area contributed by atoms with E-state index in [-0.39, 0.29) is 17.7 Å². The van der Waals surface area contributed by atoms with E-state index in [2.05, 4.69) is 5.92 Å². The van der Waals surface area contributed by atoms with E-state index in [0.29, 0.717) is 36.2 Å². The molecule has 1 amide bonds. The number of terminal acetylenes is 1. The Balaban J connectivity index is 1.85. The van der Waals surface area contributed by atoms with Crippen molar-refractivity contribution in [2.45, 2.75) is 22.5 Å². The number of sulfone groups is 1. The summed E-state index contributed by atoms with van der Waals surface area (Å²) in [4.78, 5) is 14.3. The summed E-state index contributed by atoms with van der Waals surface area (Å²) in [6.45, 7) is 1.02. The number of carbonyl (C=O) groups excluding carboxylic acids is 1. The lowest BCUT2D eigenvalue weighted by atomic mass is 9.95. The molecule has 30 heavy (non-hydrogen) atoms. The summed E-state index contributed by atoms with van der Waals surface area (Å²) in [6, 6.07) is 12.6. The second kappa shape index (κ2) is 9.06. The zero-order valence-electron chi connectivity index (χ0n) is 16.0. The average molecular weight is 449 g/mol. The van der Waals surface area contributed by atoms with Gasteiger partial charge in [0.25, 0.3) is 5.91 Å². The lowest BCUT2D eigenvalue weighted by molar-refractivity contribution is -0.133. The highest BCUT2D eigenvalue weighted by molar-refractivity contribution is 7.93. The predicted octanol–water partition coefficient (Wildman–Crippen LogP) is 2.88. The van der Waals surface area contributed by atoms with Crippen molar-refractivity contribution in [3.05, 3.63) is 53.6 Å². The van der Waals surface area contributed by atoms with Crippen LogP contribution in [0.2, 0.25) is 5.02 Å². The minimum Gasteiger partial charge on any atom is -0.457 e. The topological polar surface area (TPSA) is 95.9 Å². The van der Waals surface area contributed by atoms with Crippen LogP contribution in [0.5, 0.6) is 11.5 Å². The van der Waals surface area contributed by atoms with Crippen molar-refractivity contribution in [2.24, 2.45) is 0 Å². The summed E-state index contributed by atoms with van der Waals surface area (Å²) in [6.07, 6.45) is 5.36. The first-order chi connectivity index (χ1) is 14.3. The molecule has 0 unspecified atom stereocenters. The van der Waals surface area contributed by atoms with E-state index in [9.17, 15) is 18.4 Å². The molecular weight excluding hydrogens is 428 g/mol. The van der Waals surface area contributed by atoms with Crippen molar-refractivity contribution in [3.8, 4) is 23.8 Å². The number of piperidine rings is 1. The first-order valence-electron chi connectivity index (χ1n) is 9.21. The van der Waals surface area contributed by atoms with E-state index < -0.39 is 20.5 Å². The maximum atomic E-state index is 13.4. The Morgan fingerprint density at radius 2 is 1.67 bits per heavy atom. The number of ether oxygens (including phenoxy) is 1. The number of carbonyl (C=O) groups is 1. The van der Waals surface area contributed by atoms with E-state index >= 15 is 0 Å². The molecule has 2 aromatic carbocycles. The van der Waals surface area contributed by atoms with Crippen LogP contribution < -0.4 is 10.2 Å². The van der Waals surface area contributed by atoms with Crippen LogP contribution in [-0.2, 0) is 14.6 Å². The SMILES string of the molecule is C#CCN1CCC(C(=O)NO)(S(=O)(=O)c2ccc(Oc3ccc(Cl)cc3)cc2)CC1. The molecule has 7 nitrogen and oxygen atoms in total. The Morgan fingerprint density at radius 3 is 2.17 bits per heavy atom. The van der Waals surface area contributed by atoms with Gasteiger partial charge >= 0.3 is 0 Å². The number of nitrogens with zero attached hydrogens (tertiary/aromatic N) is 1. The number of rotatable bonds is 6. The Hall–Kier alpha value is -2.57. The third-order valence-electron chi connectivity index (χ3n) is 5.19. The molecule has 2 aromatic rings. The molecular formula is C21H21ClN2O5S. The first-order valence-corrected chi connectivity index (χ1v) is 11.1. The summed E-state index contributed by atoms with van der Waals surface area (Å²) in [5, 5.41) is 9.79. The van der Waals surface area contributed by atoms with E-state index in [1.54, 1.807) is 24.3 Å². The molecule has 0 saturated carbocycles. The van der Waals surface area contributed by atoms with Crippen LogP contribution in [0.4, 0.5) is 0 Å². The van der Waals surface area contributed by atoms with Crippen LogP contribution in [0, 0.1) is 12.3 Å². The molecule has 0 aliphatic carbocycles. The molecule has 0 bridgehead atoms. The molecule has 1 heterocycles. The van der Waals surface area contributed by atoms with Gasteiger partial charge in [-0.3, -0.25) is 14.9 Å². The smallest absolute Gasteiger partial charge is 0.265 e. The highest BCUT2D eigenvalue weighted by atomic mass is 35.5. The highest BCUT2D eigenvalue weighted by Crippen LogP contribution is 2.36. The molecule has 158 valence electrons. The Bertz CT molecular complexity index is 1040. The summed E-state index contributed by atoms with van der Waals surface area (Å²) in [5.41, 5.74) is 1.53. The second-order valence-electron chi connectivity index (χ2n) is 6.95. The predicted molar refractivity (Wildman–Crippen MR) is 112 cm³/mol. The Kier molecular flexibility index (Phi) is 6.68. The maximum absolute atomic E-state index is 13.4. The van der Waals surface area contributed by atoms with Crippen LogP contribution >= 0.6 is 11.6 Å². The summed E-state index contributed by atoms with van der Waals surface area (Å²) in [5.74, 6) is 2.55. The monoisotopic (exact) mass is 448 g/mol. The molecule has 0 atom stereocenters. The molecule has 0 radical (unpaired) electrons. The Morgan fingerprint density at radius 1 is 1.13 bits per heavy atom. The lowest BCUT2D eigenvalue weighted by Crippen LogP contribution is -2.57. The summed E-state index contributed by atoms with van der Waals surface area (Å²) >= 11 is 5.85. The maximum Gasteiger partial charge on any atom is 0.265 e. The van der Waals surface area contributed by atoms with Crippen molar-refractivity contribution in [3.63, 3.8) is 0 Å². The van der Waals surface area contributed by atoms with Crippen LogP contribution in [0.25, 0.3) is 0 Å². The van der Waals surface area contributed by atoms with E-state index in [1.165, 1.54) is 29.7 Å². The zero-order valence-corrected chi connectivity index (χ0v) is 17.6. The number of likely N-dealkylation sites (tertiary alicyclic amines) is 1. The van der Waals surface area contributed by atoms with Crippen molar-refractivity contribution in [1.29, 1.82) is 0 Å². The lowest BCUT2D eigenvalue weighted by Gasteiger charge is -2.38. The van der Waals surface area contributed by atoms with Crippen LogP contribution in [0.1, 0.15) is 12.8 Å². The van der Waals surface area contributed by atoms with Crippen molar-refractivity contribution < 1.29 is 23.2 Å². The van der Waals surface area contributed by atoms with Gasteiger partial charge in [-0.1, -0.05) is 17.5 Å². The van der Waals surface area contributed by atoms with Crippen molar-refractivity contribution >= 4 is 27.3 Å². The van der Waals surface area contributed by atoms with Crippen LogP contribution in [0.15, 0.2) is 53.4 Å². The number of halogens is 1. The quantitative estimate of drug-likeness (QED) is 0.401. The fourth-order valence-corrected chi connectivity index (χ4v) is 5.55. The standard InChI is InChI=1S/C21H21ClN2O5S/c1-2-13-24-14-11-21(12-15-24,20(25)23-26)30(27,28)19-9-7-18(8-10-19)29-17-5-3-16(22)4-6-17/h1,3-10,26H,11-15H2,(H,23,25). The fraction of sp³-hybridized carbons (Fsp3) is 0.286. The van der Waals surface area contributed by atoms with Gasteiger partial charge in [-0.15, -0.1) is 6.42 Å². The average Bonchev–Trinajstić information content (AvgIpc) is 2.76. The minimum atomic E-state index is -4.09. The molecule has 1 aliphatic rings. The zero-order chi connectivity index (χ0) is 21.8. The highest BCUT2D eigenvalue weighted by Gasteiger charge is 2.52. The van der Waals surface area contributed by atoms with Gasteiger partial charge in [0.05, 0.1) is 11.4 Å². The number of benzene rings is 2. The van der Waals surface area contributed by atoms with Gasteiger partial charge in [-0.2, -0.15) is 0 Å². The summed E-state index contributed by atoms with van der Waals surface area (Å²) in [7, 11) is -4.09. The van der Waals surface area contributed by atoms with Gasteiger partial charge in [-0.05, 0) is 61.4 Å². The third-order valence-corrected chi connectivity index (χ3v) is 7.96. The normalized spacial score (nSPS) is 16.4. The molecule has 1 aliphatic heterocycles. The largest absolute Gasteiger partial charge is 0.457 e. The second-order valence-corrected chi connectivity index (χ2v) is 9.64. The van der Waals surface area contributed by atoms with E-state index in [1.807, 2.05) is 4.90 Å². The Labute approximate surface area is 180 Å². The number of nitrogens with one attached hydrogen (secondary N) is 1. The van der Waals surface area contributed by atoms with E-state index in [4.69, 9.17) is 22.8 Å². The molecule has 1 fully saturated rings. The number of amides is 1. The molecule has 1 saturated heterocycles. The molecule has 3 rings (SSSR count). The molecule has 0 aromatic heterocycles. The van der Waals surface area contributed by atoms with Crippen LogP contribution in [-0.4, -0.2) is 48.8 Å². The van der Waals surface area contributed by atoms with Crippen molar-refractivity contribution in [2.75, 3.05) is 19.6 Å². The number of hydrogen-bond acceptors (Lipinski definition) is 6. The number of hydrogen-bond donors (Lipinski definition) is 2. The summed E-state index contributed by atoms with van der Waals surface area (Å²) < 4.78 is 30.7. The minimum absolute atomic E-state index is 0.0203. The number of hydroxylamine groups is 1. The van der Waals surface area contributed by atoms with Gasteiger partial charge in [0.15, 0.2) is 14.6 Å². The molecule has 2 N–H and O–H groups in total. The van der Waals surface area contributed by atoms with Gasteiger partial charge in [0.1, 0.15) is 11.5 Å². The van der Waals surface area contributed by atoms with E-state index in [0.717, 1.165) is 0 Å². The van der Waals surface area contributed by atoms with Crippen LogP contribution in [0.3, 0.4) is 0 Å². The first kappa shape index (κ1) is 22.1. The van der Waals surface area contributed by atoms with Gasteiger partial charge < -0.3 is 4.74 Å². The van der Waals surface area contributed by atoms with Crippen molar-refractivity contribution in [1.82, 2.24) is 10.4 Å². The molecule has 9 heteroatoms. The van der Waals surface area contributed by atoms with Gasteiger partial charge in [0.2, 0.25) is 0 Å². The third kappa shape index (κ3) is 4.30. The fourth-order valence-electron chi connectivity index (χ4n) is 3.47. The van der Waals surface area contributed by atoms with Gasteiger partial charge in [-0.25, -0.2) is 13.9 Å². The van der Waals surface area contributed by atoms with Gasteiger partial charge in [0, 0.05) is 18.1 Å². The molecule has 0 spiro atoms.